The van der Waals surface area contributed by atoms with Gasteiger partial charge in [0.15, 0.2) is 5.65 Å². The van der Waals surface area contributed by atoms with Crippen molar-refractivity contribution in [1.29, 1.82) is 0 Å². The fourth-order valence-electron chi connectivity index (χ4n) is 3.53. The first-order valence-corrected chi connectivity index (χ1v) is 10.2. The molecule has 0 aliphatic carbocycles. The van der Waals surface area contributed by atoms with Crippen LogP contribution in [0.4, 0.5) is 5.69 Å². The van der Waals surface area contributed by atoms with Crippen LogP contribution in [0.2, 0.25) is 0 Å². The van der Waals surface area contributed by atoms with Gasteiger partial charge >= 0.3 is 0 Å². The maximum absolute atomic E-state index is 13.0. The fourth-order valence-corrected chi connectivity index (χ4v) is 3.53. The molecule has 2 aromatic carbocycles. The monoisotopic (exact) mass is 415 g/mol. The molecule has 0 aliphatic heterocycles. The standard InChI is InChI=1S/C24H25N5O2/c1-15-5-9-18(10-6-15)25-21(30)14-13-20-24(31)28(4)23-22(26-20)17(3)27-29(23)19-11-7-16(2)8-12-19/h5-12H,13-14H2,1-4H3,(H,25,30). The Bertz CT molecular complexity index is 1320. The van der Waals surface area contributed by atoms with Crippen molar-refractivity contribution in [3.05, 3.63) is 81.4 Å². The van der Waals surface area contributed by atoms with Gasteiger partial charge in [0.1, 0.15) is 11.2 Å². The largest absolute Gasteiger partial charge is 0.326 e. The minimum atomic E-state index is -0.219. The molecule has 0 unspecified atom stereocenters. The molecule has 7 heteroatoms. The molecular formula is C24H25N5O2. The summed E-state index contributed by atoms with van der Waals surface area (Å²) >= 11 is 0. The fraction of sp³-hybridized carbons (Fsp3) is 0.250. The Balaban J connectivity index is 1.61. The Labute approximate surface area is 180 Å². The number of aryl methyl sites for hydroxylation is 5. The van der Waals surface area contributed by atoms with Crippen molar-refractivity contribution >= 4 is 22.8 Å². The highest BCUT2D eigenvalue weighted by Gasteiger charge is 2.18. The van der Waals surface area contributed by atoms with E-state index < -0.39 is 0 Å². The lowest BCUT2D eigenvalue weighted by Gasteiger charge is -2.09. The second kappa shape index (κ2) is 8.18. The van der Waals surface area contributed by atoms with Gasteiger partial charge in [-0.2, -0.15) is 5.10 Å². The van der Waals surface area contributed by atoms with Gasteiger partial charge < -0.3 is 5.32 Å². The summed E-state index contributed by atoms with van der Waals surface area (Å²) in [7, 11) is 1.72. The molecule has 7 nitrogen and oxygen atoms in total. The predicted octanol–water partition coefficient (Wildman–Crippen LogP) is 3.62. The molecule has 0 saturated heterocycles. The number of hydrogen-bond acceptors (Lipinski definition) is 4. The molecular weight excluding hydrogens is 390 g/mol. The number of carbonyl (C=O) groups excluding carboxylic acids is 1. The third-order valence-electron chi connectivity index (χ3n) is 5.32. The maximum Gasteiger partial charge on any atom is 0.273 e. The number of amides is 1. The number of aromatic nitrogens is 4. The van der Waals surface area contributed by atoms with Gasteiger partial charge in [-0.15, -0.1) is 0 Å². The van der Waals surface area contributed by atoms with Crippen LogP contribution in [-0.2, 0) is 18.3 Å². The summed E-state index contributed by atoms with van der Waals surface area (Å²) in [6.45, 7) is 5.89. The van der Waals surface area contributed by atoms with Gasteiger partial charge in [0, 0.05) is 25.6 Å². The highest BCUT2D eigenvalue weighted by molar-refractivity contribution is 5.90. The highest BCUT2D eigenvalue weighted by Crippen LogP contribution is 2.20. The zero-order valence-corrected chi connectivity index (χ0v) is 18.1. The Hall–Kier alpha value is -3.74. The van der Waals surface area contributed by atoms with E-state index in [0.29, 0.717) is 16.9 Å². The normalized spacial score (nSPS) is 11.1. The molecule has 0 fully saturated rings. The van der Waals surface area contributed by atoms with Crippen LogP contribution in [-0.4, -0.2) is 25.2 Å². The first kappa shape index (κ1) is 20.5. The molecule has 31 heavy (non-hydrogen) atoms. The summed E-state index contributed by atoms with van der Waals surface area (Å²) in [6.07, 6.45) is 0.433. The van der Waals surface area contributed by atoms with Crippen molar-refractivity contribution in [2.75, 3.05) is 5.32 Å². The topological polar surface area (TPSA) is 81.8 Å². The van der Waals surface area contributed by atoms with Crippen LogP contribution in [0, 0.1) is 20.8 Å². The van der Waals surface area contributed by atoms with Gasteiger partial charge in [-0.3, -0.25) is 14.2 Å². The van der Waals surface area contributed by atoms with Gasteiger partial charge in [-0.1, -0.05) is 35.4 Å². The summed E-state index contributed by atoms with van der Waals surface area (Å²) < 4.78 is 3.31. The molecule has 0 spiro atoms. The van der Waals surface area contributed by atoms with Crippen LogP contribution in [0.15, 0.2) is 53.3 Å². The van der Waals surface area contributed by atoms with Crippen molar-refractivity contribution in [3.63, 3.8) is 0 Å². The molecule has 0 bridgehead atoms. The second-order valence-electron chi connectivity index (χ2n) is 7.84. The molecule has 0 radical (unpaired) electrons. The first-order valence-electron chi connectivity index (χ1n) is 10.2. The molecule has 4 rings (SSSR count). The van der Waals surface area contributed by atoms with Crippen LogP contribution >= 0.6 is 0 Å². The molecule has 2 heterocycles. The van der Waals surface area contributed by atoms with E-state index in [-0.39, 0.29) is 24.3 Å². The van der Waals surface area contributed by atoms with Crippen molar-refractivity contribution in [2.24, 2.45) is 7.05 Å². The van der Waals surface area contributed by atoms with E-state index >= 15 is 0 Å². The molecule has 0 saturated carbocycles. The van der Waals surface area contributed by atoms with Crippen molar-refractivity contribution in [3.8, 4) is 5.69 Å². The van der Waals surface area contributed by atoms with Crippen molar-refractivity contribution in [1.82, 2.24) is 19.3 Å². The number of benzene rings is 2. The number of anilines is 1. The highest BCUT2D eigenvalue weighted by atomic mass is 16.1. The molecule has 4 aromatic rings. The summed E-state index contributed by atoms with van der Waals surface area (Å²) in [4.78, 5) is 29.9. The minimum Gasteiger partial charge on any atom is -0.326 e. The molecule has 1 amide bonds. The smallest absolute Gasteiger partial charge is 0.273 e. The van der Waals surface area contributed by atoms with Crippen LogP contribution in [0.5, 0.6) is 0 Å². The Kier molecular flexibility index (Phi) is 5.42. The van der Waals surface area contributed by atoms with Gasteiger partial charge in [0.25, 0.3) is 5.56 Å². The van der Waals surface area contributed by atoms with E-state index in [1.807, 2.05) is 69.3 Å². The number of carbonyl (C=O) groups is 1. The van der Waals surface area contributed by atoms with Gasteiger partial charge in [0.2, 0.25) is 5.91 Å². The van der Waals surface area contributed by atoms with Crippen LogP contribution < -0.4 is 10.9 Å². The van der Waals surface area contributed by atoms with Crippen LogP contribution in [0.25, 0.3) is 16.9 Å². The van der Waals surface area contributed by atoms with E-state index in [2.05, 4.69) is 15.4 Å². The number of nitrogens with one attached hydrogen (secondary N) is 1. The molecule has 158 valence electrons. The van der Waals surface area contributed by atoms with E-state index in [1.165, 1.54) is 0 Å². The molecule has 0 atom stereocenters. The lowest BCUT2D eigenvalue weighted by atomic mass is 10.2. The average molecular weight is 415 g/mol. The lowest BCUT2D eigenvalue weighted by molar-refractivity contribution is -0.116. The molecule has 2 aromatic heterocycles. The molecule has 0 aliphatic rings. The first-order chi connectivity index (χ1) is 14.8. The summed E-state index contributed by atoms with van der Waals surface area (Å²) in [6, 6.07) is 15.5. The Morgan fingerprint density at radius 1 is 0.968 bits per heavy atom. The van der Waals surface area contributed by atoms with Gasteiger partial charge in [0.05, 0.1) is 11.4 Å². The zero-order chi connectivity index (χ0) is 22.1. The average Bonchev–Trinajstić information content (AvgIpc) is 3.08. The number of rotatable bonds is 5. The summed E-state index contributed by atoms with van der Waals surface area (Å²) in [5, 5.41) is 7.47. The Morgan fingerprint density at radius 3 is 2.23 bits per heavy atom. The van der Waals surface area contributed by atoms with Gasteiger partial charge in [-0.25, -0.2) is 9.67 Å². The number of hydrogen-bond donors (Lipinski definition) is 1. The van der Waals surface area contributed by atoms with E-state index in [9.17, 15) is 9.59 Å². The van der Waals surface area contributed by atoms with Crippen LogP contribution in [0.1, 0.15) is 28.9 Å². The summed E-state index contributed by atoms with van der Waals surface area (Å²) in [5.74, 6) is -0.153. The number of fused-ring (bicyclic) bond motifs is 1. The van der Waals surface area contributed by atoms with E-state index in [4.69, 9.17) is 0 Å². The quantitative estimate of drug-likeness (QED) is 0.540. The van der Waals surface area contributed by atoms with Crippen molar-refractivity contribution < 1.29 is 4.79 Å². The Morgan fingerprint density at radius 2 is 1.58 bits per heavy atom. The van der Waals surface area contributed by atoms with E-state index in [1.54, 1.807) is 16.3 Å². The third-order valence-corrected chi connectivity index (χ3v) is 5.32. The predicted molar refractivity (Wildman–Crippen MR) is 122 cm³/mol. The van der Waals surface area contributed by atoms with Crippen molar-refractivity contribution in [2.45, 2.75) is 33.6 Å². The zero-order valence-electron chi connectivity index (χ0n) is 18.1. The second-order valence-corrected chi connectivity index (χ2v) is 7.84. The van der Waals surface area contributed by atoms with E-state index in [0.717, 1.165) is 28.2 Å². The maximum atomic E-state index is 13.0. The summed E-state index contributed by atoms with van der Waals surface area (Å²) in [5.41, 5.74) is 6.06. The van der Waals surface area contributed by atoms with Gasteiger partial charge in [-0.05, 0) is 45.0 Å². The number of nitrogens with zero attached hydrogens (tertiary/aromatic N) is 4. The minimum absolute atomic E-state index is 0.153. The molecule has 1 N–H and O–H groups in total. The van der Waals surface area contributed by atoms with Crippen LogP contribution in [0.3, 0.4) is 0 Å². The third kappa shape index (κ3) is 4.12. The lowest BCUT2D eigenvalue weighted by Crippen LogP contribution is -2.25. The SMILES string of the molecule is Cc1ccc(NC(=O)CCc2nc3c(C)nn(-c4ccc(C)cc4)c3n(C)c2=O)cc1.